The van der Waals surface area contributed by atoms with Gasteiger partial charge in [-0.2, -0.15) is 5.26 Å². The average Bonchev–Trinajstić information content (AvgIpc) is 2.29. The first-order valence-corrected chi connectivity index (χ1v) is 6.73. The molecule has 2 unspecified atom stereocenters. The van der Waals surface area contributed by atoms with Crippen molar-refractivity contribution in [2.75, 3.05) is 6.26 Å². The van der Waals surface area contributed by atoms with Crippen molar-refractivity contribution in [1.29, 1.82) is 5.26 Å². The highest BCUT2D eigenvalue weighted by atomic mass is 32.2. The summed E-state index contributed by atoms with van der Waals surface area (Å²) in [6.45, 7) is 3.69. The van der Waals surface area contributed by atoms with E-state index in [-0.39, 0.29) is 6.04 Å². The molecule has 1 aromatic rings. The van der Waals surface area contributed by atoms with Crippen LogP contribution >= 0.6 is 0 Å². The third-order valence-corrected chi connectivity index (χ3v) is 3.25. The number of nitrogens with zero attached hydrogens (tertiary/aromatic N) is 2. The van der Waals surface area contributed by atoms with Gasteiger partial charge in [0.1, 0.15) is 5.84 Å². The summed E-state index contributed by atoms with van der Waals surface area (Å²) in [6, 6.07) is 7.46. The van der Waals surface area contributed by atoms with Crippen molar-refractivity contribution in [3.63, 3.8) is 0 Å². The highest BCUT2D eigenvalue weighted by Gasteiger charge is 2.05. The summed E-state index contributed by atoms with van der Waals surface area (Å²) < 4.78 is 11.2. The zero-order valence-corrected chi connectivity index (χ0v) is 10.9. The molecule has 0 spiro atoms. The molecule has 0 bridgehead atoms. The van der Waals surface area contributed by atoms with Crippen LogP contribution in [0.3, 0.4) is 0 Å². The molecule has 0 fully saturated rings. The first-order chi connectivity index (χ1) is 8.04. The number of aliphatic imine (C=N–C) groups is 1. The fourth-order valence-electron chi connectivity index (χ4n) is 1.42. The maximum atomic E-state index is 11.2. The molecule has 0 saturated carbocycles. The minimum atomic E-state index is -0.955. The molecule has 0 amide bonds. The van der Waals surface area contributed by atoms with E-state index in [0.717, 1.165) is 10.5 Å². The Hall–Kier alpha value is -1.67. The zero-order chi connectivity index (χ0) is 12.8. The molecule has 1 N–H and O–H groups in total. The lowest BCUT2D eigenvalue weighted by atomic mass is 10.1. The Labute approximate surface area is 104 Å². The Morgan fingerprint density at radius 3 is 2.53 bits per heavy atom. The van der Waals surface area contributed by atoms with E-state index in [9.17, 15) is 4.21 Å². The summed E-state index contributed by atoms with van der Waals surface area (Å²) in [4.78, 5) is 5.12. The predicted octanol–water partition coefficient (Wildman–Crippen LogP) is 1.97. The van der Waals surface area contributed by atoms with E-state index in [1.807, 2.05) is 37.4 Å². The van der Waals surface area contributed by atoms with Gasteiger partial charge >= 0.3 is 0 Å². The van der Waals surface area contributed by atoms with Gasteiger partial charge in [0.15, 0.2) is 6.19 Å². The van der Waals surface area contributed by atoms with Gasteiger partial charge in [0, 0.05) is 22.0 Å². The number of rotatable bonds is 3. The van der Waals surface area contributed by atoms with Crippen LogP contribution in [0.15, 0.2) is 34.2 Å². The number of hydrogen-bond acceptors (Lipinski definition) is 3. The quantitative estimate of drug-likeness (QED) is 0.385. The van der Waals surface area contributed by atoms with E-state index < -0.39 is 10.8 Å². The largest absolute Gasteiger partial charge is 0.281 e. The average molecular weight is 249 g/mol. The van der Waals surface area contributed by atoms with Crippen LogP contribution in [-0.2, 0) is 10.8 Å². The molecule has 90 valence electrons. The van der Waals surface area contributed by atoms with Crippen LogP contribution < -0.4 is 5.32 Å². The fourth-order valence-corrected chi connectivity index (χ4v) is 1.94. The van der Waals surface area contributed by atoms with Crippen LogP contribution in [-0.4, -0.2) is 16.3 Å². The minimum Gasteiger partial charge on any atom is -0.281 e. The molecule has 0 aliphatic heterocycles. The van der Waals surface area contributed by atoms with Gasteiger partial charge < -0.3 is 0 Å². The second kappa shape index (κ2) is 6.16. The fraction of sp³-hybridized carbons (Fsp3) is 0.333. The van der Waals surface area contributed by atoms with Gasteiger partial charge in [-0.15, -0.1) is 0 Å². The summed E-state index contributed by atoms with van der Waals surface area (Å²) in [5, 5.41) is 10.9. The molecule has 0 radical (unpaired) electrons. The van der Waals surface area contributed by atoms with E-state index in [2.05, 4.69) is 10.3 Å². The molecule has 4 nitrogen and oxygen atoms in total. The van der Waals surface area contributed by atoms with Crippen LogP contribution in [0.5, 0.6) is 0 Å². The highest BCUT2D eigenvalue weighted by Crippen LogP contribution is 2.18. The van der Waals surface area contributed by atoms with Gasteiger partial charge in [-0.3, -0.25) is 14.5 Å². The van der Waals surface area contributed by atoms with Crippen molar-refractivity contribution in [3.05, 3.63) is 29.8 Å². The van der Waals surface area contributed by atoms with E-state index in [1.165, 1.54) is 0 Å². The molecular formula is C12H15N3OS. The smallest absolute Gasteiger partial charge is 0.182 e. The molecule has 0 saturated heterocycles. The Bertz CT molecular complexity index is 474. The van der Waals surface area contributed by atoms with Crippen LogP contribution in [0, 0.1) is 11.5 Å². The Kier molecular flexibility index (Phi) is 4.85. The summed E-state index contributed by atoms with van der Waals surface area (Å²) in [6.07, 6.45) is 3.48. The van der Waals surface area contributed by atoms with Crippen molar-refractivity contribution < 1.29 is 4.21 Å². The van der Waals surface area contributed by atoms with Crippen LogP contribution in [0.2, 0.25) is 0 Å². The Morgan fingerprint density at radius 2 is 2.06 bits per heavy atom. The SMILES string of the molecule is CC(=NC(C)c1ccc(S(C)=O)cc1)NC#N. The lowest BCUT2D eigenvalue weighted by Gasteiger charge is -2.08. The van der Waals surface area contributed by atoms with Crippen molar-refractivity contribution in [1.82, 2.24) is 5.32 Å². The lowest BCUT2D eigenvalue weighted by molar-refractivity contribution is 0.686. The molecule has 2 atom stereocenters. The molecule has 0 aliphatic rings. The summed E-state index contributed by atoms with van der Waals surface area (Å²) in [5.74, 6) is 0.586. The standard InChI is InChI=1S/C12H15N3OS/c1-9(15-10(2)14-8-13)11-4-6-12(7-5-11)17(3)16/h4-7,9H,1-3H3,(H,14,15). The van der Waals surface area contributed by atoms with Gasteiger partial charge in [0.2, 0.25) is 0 Å². The number of nitriles is 1. The normalized spacial score (nSPS) is 14.8. The second-order valence-corrected chi connectivity index (χ2v) is 5.03. The molecule has 1 rings (SSSR count). The van der Waals surface area contributed by atoms with E-state index in [1.54, 1.807) is 13.2 Å². The number of nitrogens with one attached hydrogen (secondary N) is 1. The lowest BCUT2D eigenvalue weighted by Crippen LogP contribution is -2.14. The zero-order valence-electron chi connectivity index (χ0n) is 10.1. The Balaban J connectivity index is 2.84. The van der Waals surface area contributed by atoms with Gasteiger partial charge in [0.05, 0.1) is 6.04 Å². The molecule has 0 aliphatic carbocycles. The second-order valence-electron chi connectivity index (χ2n) is 3.65. The molecule has 1 aromatic carbocycles. The number of amidine groups is 1. The topological polar surface area (TPSA) is 65.2 Å². The first kappa shape index (κ1) is 13.4. The monoisotopic (exact) mass is 249 g/mol. The van der Waals surface area contributed by atoms with Gasteiger partial charge in [-0.25, -0.2) is 0 Å². The molecule has 0 heterocycles. The van der Waals surface area contributed by atoms with E-state index >= 15 is 0 Å². The maximum Gasteiger partial charge on any atom is 0.182 e. The molecular weight excluding hydrogens is 234 g/mol. The summed E-state index contributed by atoms with van der Waals surface area (Å²) >= 11 is 0. The predicted molar refractivity (Wildman–Crippen MR) is 69.0 cm³/mol. The summed E-state index contributed by atoms with van der Waals surface area (Å²) in [7, 11) is -0.955. The number of hydrogen-bond donors (Lipinski definition) is 1. The van der Waals surface area contributed by atoms with Gasteiger partial charge in [-0.05, 0) is 31.5 Å². The first-order valence-electron chi connectivity index (χ1n) is 5.17. The third kappa shape index (κ3) is 4.00. The van der Waals surface area contributed by atoms with Gasteiger partial charge in [0.25, 0.3) is 0 Å². The van der Waals surface area contributed by atoms with E-state index in [0.29, 0.717) is 5.84 Å². The molecule has 17 heavy (non-hydrogen) atoms. The number of benzene rings is 1. The molecule has 0 aromatic heterocycles. The Morgan fingerprint density at radius 1 is 1.47 bits per heavy atom. The minimum absolute atomic E-state index is 0.0322. The molecule has 5 heteroatoms. The highest BCUT2D eigenvalue weighted by molar-refractivity contribution is 7.84. The van der Waals surface area contributed by atoms with Gasteiger partial charge in [-0.1, -0.05) is 12.1 Å². The van der Waals surface area contributed by atoms with Crippen molar-refractivity contribution >= 4 is 16.6 Å². The van der Waals surface area contributed by atoms with E-state index in [4.69, 9.17) is 5.26 Å². The van der Waals surface area contributed by atoms with Crippen molar-refractivity contribution in [3.8, 4) is 6.19 Å². The maximum absolute atomic E-state index is 11.2. The van der Waals surface area contributed by atoms with Crippen molar-refractivity contribution in [2.45, 2.75) is 24.8 Å². The summed E-state index contributed by atoms with van der Waals surface area (Å²) in [5.41, 5.74) is 1.03. The third-order valence-electron chi connectivity index (χ3n) is 2.32. The van der Waals surface area contributed by atoms with Crippen LogP contribution in [0.1, 0.15) is 25.5 Å². The van der Waals surface area contributed by atoms with Crippen molar-refractivity contribution in [2.24, 2.45) is 4.99 Å². The van der Waals surface area contributed by atoms with Crippen LogP contribution in [0.25, 0.3) is 0 Å². The van der Waals surface area contributed by atoms with Crippen LogP contribution in [0.4, 0.5) is 0 Å².